The number of ether oxygens (including phenoxy) is 2. The zero-order valence-corrected chi connectivity index (χ0v) is 14.6. The summed E-state index contributed by atoms with van der Waals surface area (Å²) in [6.45, 7) is 7.42. The Balaban J connectivity index is 1.84. The number of esters is 1. The van der Waals surface area contributed by atoms with E-state index in [2.05, 4.69) is 37.4 Å². The third kappa shape index (κ3) is 6.15. The molecule has 2 rings (SSSR count). The highest BCUT2D eigenvalue weighted by atomic mass is 16.5. The summed E-state index contributed by atoms with van der Waals surface area (Å²) in [6, 6.07) is 15.6. The van der Waals surface area contributed by atoms with E-state index in [4.69, 9.17) is 9.47 Å². The smallest absolute Gasteiger partial charge is 0.335 e. The second-order valence-electron chi connectivity index (χ2n) is 5.67. The van der Waals surface area contributed by atoms with Gasteiger partial charge in [0.05, 0.1) is 0 Å². The minimum absolute atomic E-state index is 0.0976. The second kappa shape index (κ2) is 10.1. The van der Waals surface area contributed by atoms with Crippen LogP contribution in [0, 0.1) is 0 Å². The number of carbonyl (C=O) groups excluding carboxylic acids is 2. The molecule has 0 N–H and O–H groups in total. The average Bonchev–Trinajstić information content (AvgIpc) is 2.68. The van der Waals surface area contributed by atoms with E-state index >= 15 is 0 Å². The van der Waals surface area contributed by atoms with Crippen LogP contribution in [-0.2, 0) is 20.7 Å². The number of aryl methyl sites for hydroxylation is 1. The largest absolute Gasteiger partial charge is 0.423 e. The fourth-order valence-electron chi connectivity index (χ4n) is 2.35. The molecule has 0 amide bonds. The summed E-state index contributed by atoms with van der Waals surface area (Å²) in [6.07, 6.45) is 4.15. The van der Waals surface area contributed by atoms with Gasteiger partial charge >= 0.3 is 5.97 Å². The van der Waals surface area contributed by atoms with Crippen molar-refractivity contribution >= 4 is 11.8 Å². The van der Waals surface area contributed by atoms with Gasteiger partial charge in [0.1, 0.15) is 12.4 Å². The summed E-state index contributed by atoms with van der Waals surface area (Å²) in [5.41, 5.74) is 3.34. The number of ketones is 1. The predicted octanol–water partition coefficient (Wildman–Crippen LogP) is 4.15. The van der Waals surface area contributed by atoms with Crippen molar-refractivity contribution in [1.29, 1.82) is 0 Å². The molecule has 4 heteroatoms. The first-order chi connectivity index (χ1) is 12.6. The van der Waals surface area contributed by atoms with Gasteiger partial charge in [0.25, 0.3) is 0 Å². The predicted molar refractivity (Wildman–Crippen MR) is 102 cm³/mol. The Morgan fingerprint density at radius 2 is 1.50 bits per heavy atom. The van der Waals surface area contributed by atoms with E-state index in [1.807, 2.05) is 12.1 Å². The highest BCUT2D eigenvalue weighted by Gasteiger charge is 2.02. The van der Waals surface area contributed by atoms with Crippen LogP contribution in [0.3, 0.4) is 0 Å². The molecule has 0 aliphatic rings. The van der Waals surface area contributed by atoms with E-state index in [0.29, 0.717) is 12.4 Å². The molecule has 4 nitrogen and oxygen atoms in total. The standard InChI is InChI=1S/C22H22O4/c1-3-20(23)16-25-15-5-6-17-7-9-18(10-8-17)19-11-13-21(14-12-19)26-22(24)4-2/h3-4,7-14H,1-2,5-6,15-16H2. The summed E-state index contributed by atoms with van der Waals surface area (Å²) < 4.78 is 10.3. The van der Waals surface area contributed by atoms with E-state index in [0.717, 1.165) is 30.0 Å². The Bertz CT molecular complexity index is 758. The van der Waals surface area contributed by atoms with Crippen molar-refractivity contribution in [2.75, 3.05) is 13.2 Å². The minimum Gasteiger partial charge on any atom is -0.423 e. The van der Waals surface area contributed by atoms with Crippen molar-refractivity contribution in [2.24, 2.45) is 0 Å². The Morgan fingerprint density at radius 3 is 2.08 bits per heavy atom. The van der Waals surface area contributed by atoms with E-state index in [9.17, 15) is 9.59 Å². The first-order valence-electron chi connectivity index (χ1n) is 8.39. The van der Waals surface area contributed by atoms with Crippen molar-refractivity contribution in [3.8, 4) is 16.9 Å². The summed E-state index contributed by atoms with van der Waals surface area (Å²) in [5, 5.41) is 0. The molecular weight excluding hydrogens is 328 g/mol. The van der Waals surface area contributed by atoms with Gasteiger partial charge < -0.3 is 9.47 Å². The second-order valence-corrected chi connectivity index (χ2v) is 5.67. The zero-order chi connectivity index (χ0) is 18.8. The molecule has 0 spiro atoms. The molecule has 0 unspecified atom stereocenters. The normalized spacial score (nSPS) is 10.2. The fraction of sp³-hybridized carbons (Fsp3) is 0.182. The van der Waals surface area contributed by atoms with E-state index in [1.54, 1.807) is 12.1 Å². The molecule has 26 heavy (non-hydrogen) atoms. The van der Waals surface area contributed by atoms with Crippen molar-refractivity contribution in [1.82, 2.24) is 0 Å². The molecule has 134 valence electrons. The number of carbonyl (C=O) groups is 2. The van der Waals surface area contributed by atoms with Gasteiger partial charge in [-0.1, -0.05) is 49.6 Å². The molecule has 0 saturated carbocycles. The minimum atomic E-state index is -0.472. The third-order valence-electron chi connectivity index (χ3n) is 3.75. The molecule has 0 aliphatic heterocycles. The van der Waals surface area contributed by atoms with E-state index < -0.39 is 5.97 Å². The first-order valence-corrected chi connectivity index (χ1v) is 8.39. The van der Waals surface area contributed by atoms with Gasteiger partial charge in [-0.25, -0.2) is 4.79 Å². The topological polar surface area (TPSA) is 52.6 Å². The van der Waals surface area contributed by atoms with Crippen LogP contribution in [0.4, 0.5) is 0 Å². The molecule has 0 atom stereocenters. The van der Waals surface area contributed by atoms with Crippen molar-refractivity contribution < 1.29 is 19.1 Å². The van der Waals surface area contributed by atoms with Crippen LogP contribution in [-0.4, -0.2) is 25.0 Å². The Morgan fingerprint density at radius 1 is 0.885 bits per heavy atom. The van der Waals surface area contributed by atoms with Crippen LogP contribution in [0.15, 0.2) is 73.8 Å². The summed E-state index contributed by atoms with van der Waals surface area (Å²) >= 11 is 0. The lowest BCUT2D eigenvalue weighted by Gasteiger charge is -2.06. The number of hydrogen-bond donors (Lipinski definition) is 0. The van der Waals surface area contributed by atoms with Gasteiger partial charge in [-0.2, -0.15) is 0 Å². The van der Waals surface area contributed by atoms with Crippen LogP contribution in [0.25, 0.3) is 11.1 Å². The van der Waals surface area contributed by atoms with Crippen molar-refractivity contribution in [3.63, 3.8) is 0 Å². The molecule has 0 heterocycles. The van der Waals surface area contributed by atoms with E-state index in [-0.39, 0.29) is 12.4 Å². The van der Waals surface area contributed by atoms with Gasteiger partial charge in [-0.15, -0.1) is 0 Å². The molecule has 2 aromatic rings. The number of rotatable bonds is 10. The summed E-state index contributed by atoms with van der Waals surface area (Å²) in [7, 11) is 0. The van der Waals surface area contributed by atoms with Crippen molar-refractivity contribution in [3.05, 3.63) is 79.4 Å². The SMILES string of the molecule is C=CC(=O)COCCCc1ccc(-c2ccc(OC(=O)C=C)cc2)cc1. The Hall–Kier alpha value is -2.98. The van der Waals surface area contributed by atoms with Gasteiger partial charge in [0.15, 0.2) is 5.78 Å². The Labute approximate surface area is 153 Å². The lowest BCUT2D eigenvalue weighted by atomic mass is 10.0. The first kappa shape index (κ1) is 19.3. The molecule has 0 aromatic heterocycles. The van der Waals surface area contributed by atoms with Gasteiger partial charge in [-0.3, -0.25) is 4.79 Å². The number of hydrogen-bond acceptors (Lipinski definition) is 4. The maximum atomic E-state index is 11.2. The maximum absolute atomic E-state index is 11.2. The zero-order valence-electron chi connectivity index (χ0n) is 14.6. The quantitative estimate of drug-likeness (QED) is 0.280. The van der Waals surface area contributed by atoms with Crippen LogP contribution >= 0.6 is 0 Å². The fourth-order valence-corrected chi connectivity index (χ4v) is 2.35. The lowest BCUT2D eigenvalue weighted by Crippen LogP contribution is -2.06. The molecular formula is C22H22O4. The van der Waals surface area contributed by atoms with Crippen LogP contribution in [0.5, 0.6) is 5.75 Å². The highest BCUT2D eigenvalue weighted by molar-refractivity contribution is 5.90. The highest BCUT2D eigenvalue weighted by Crippen LogP contribution is 2.23. The van der Waals surface area contributed by atoms with Crippen molar-refractivity contribution in [2.45, 2.75) is 12.8 Å². The third-order valence-corrected chi connectivity index (χ3v) is 3.75. The van der Waals surface area contributed by atoms with Crippen LogP contribution < -0.4 is 4.74 Å². The van der Waals surface area contributed by atoms with Crippen LogP contribution in [0.1, 0.15) is 12.0 Å². The number of benzene rings is 2. The average molecular weight is 350 g/mol. The molecule has 2 aromatic carbocycles. The molecule has 0 saturated heterocycles. The van der Waals surface area contributed by atoms with Gasteiger partial charge in [-0.05, 0) is 47.7 Å². The Kier molecular flexibility index (Phi) is 7.52. The molecule has 0 bridgehead atoms. The van der Waals surface area contributed by atoms with E-state index in [1.165, 1.54) is 11.6 Å². The van der Waals surface area contributed by atoms with Gasteiger partial charge in [0.2, 0.25) is 0 Å². The molecule has 0 aliphatic carbocycles. The van der Waals surface area contributed by atoms with Gasteiger partial charge in [0, 0.05) is 12.7 Å². The molecule has 0 radical (unpaired) electrons. The summed E-state index contributed by atoms with van der Waals surface area (Å²) in [5.74, 6) is -0.0789. The maximum Gasteiger partial charge on any atom is 0.335 e. The lowest BCUT2D eigenvalue weighted by molar-refractivity contribution is -0.129. The monoisotopic (exact) mass is 350 g/mol. The van der Waals surface area contributed by atoms with Crippen LogP contribution in [0.2, 0.25) is 0 Å². The molecule has 0 fully saturated rings. The summed E-state index contributed by atoms with van der Waals surface area (Å²) in [4.78, 5) is 22.2.